The molecule has 4 aromatic rings. The molecule has 5 rings (SSSR count). The van der Waals surface area contributed by atoms with Crippen LogP contribution >= 0.6 is 0 Å². The zero-order valence-corrected chi connectivity index (χ0v) is 21.5. The molecule has 0 atom stereocenters. The van der Waals surface area contributed by atoms with Gasteiger partial charge in [-0.1, -0.05) is 12.1 Å². The van der Waals surface area contributed by atoms with Gasteiger partial charge in [-0.25, -0.2) is 13.9 Å². The molecular formula is C29H31FN4O3. The summed E-state index contributed by atoms with van der Waals surface area (Å²) in [6.45, 7) is 7.41. The van der Waals surface area contributed by atoms with Crippen LogP contribution < -0.4 is 10.1 Å². The Morgan fingerprint density at radius 3 is 2.65 bits per heavy atom. The summed E-state index contributed by atoms with van der Waals surface area (Å²) < 4.78 is 21.6. The van der Waals surface area contributed by atoms with Crippen molar-refractivity contribution in [2.45, 2.75) is 52.6 Å². The fraction of sp³-hybridized carbons (Fsp3) is 0.345. The van der Waals surface area contributed by atoms with E-state index in [-0.39, 0.29) is 18.2 Å². The predicted molar refractivity (Wildman–Crippen MR) is 141 cm³/mol. The van der Waals surface area contributed by atoms with Crippen LogP contribution in [0.25, 0.3) is 16.9 Å². The molecule has 0 bridgehead atoms. The van der Waals surface area contributed by atoms with E-state index in [9.17, 15) is 14.3 Å². The lowest BCUT2D eigenvalue weighted by atomic mass is 9.98. The lowest BCUT2D eigenvalue weighted by molar-refractivity contribution is 0.0943. The number of aliphatic hydroxyl groups is 1. The van der Waals surface area contributed by atoms with Gasteiger partial charge in [0.2, 0.25) is 5.88 Å². The molecule has 8 heteroatoms. The number of aromatic nitrogens is 3. The van der Waals surface area contributed by atoms with Crippen LogP contribution in [0.1, 0.15) is 54.6 Å². The Kier molecular flexibility index (Phi) is 6.45. The molecule has 0 unspecified atom stereocenters. The number of aryl methyl sites for hydroxylation is 2. The topological polar surface area (TPSA) is 88.7 Å². The number of nitrogens with one attached hydrogen (secondary N) is 1. The molecule has 0 spiro atoms. The smallest absolute Gasteiger partial charge is 0.239 e. The van der Waals surface area contributed by atoms with E-state index < -0.39 is 11.4 Å². The minimum atomic E-state index is -0.962. The zero-order chi connectivity index (χ0) is 26.3. The Morgan fingerprint density at radius 2 is 1.97 bits per heavy atom. The third-order valence-electron chi connectivity index (χ3n) is 6.39. The van der Waals surface area contributed by atoms with Crippen LogP contribution in [0.4, 0.5) is 10.1 Å². The van der Waals surface area contributed by atoms with Crippen LogP contribution in [0, 0.1) is 25.6 Å². The van der Waals surface area contributed by atoms with Gasteiger partial charge in [-0.2, -0.15) is 0 Å². The number of hydrogen-bond donors (Lipinski definition) is 2. The third kappa shape index (κ3) is 5.80. The second-order valence-corrected chi connectivity index (χ2v) is 10.6. The molecule has 2 N–H and O–H groups in total. The number of anilines is 1. The molecule has 2 heterocycles. The van der Waals surface area contributed by atoms with E-state index in [4.69, 9.17) is 4.74 Å². The Balaban J connectivity index is 1.54. The molecule has 37 heavy (non-hydrogen) atoms. The number of Topliss-reactive ketones (excluding diaryl/α,β-unsaturated/α-hetero) is 1. The van der Waals surface area contributed by atoms with Crippen molar-refractivity contribution < 1.29 is 19.0 Å². The number of rotatable bonds is 9. The number of carbonyl (C=O) groups is 1. The minimum absolute atomic E-state index is 0.182. The van der Waals surface area contributed by atoms with Gasteiger partial charge in [-0.15, -0.1) is 5.10 Å². The molecule has 192 valence electrons. The van der Waals surface area contributed by atoms with Crippen LogP contribution in [-0.4, -0.2) is 37.6 Å². The Labute approximate surface area is 215 Å². The van der Waals surface area contributed by atoms with Gasteiger partial charge in [0.05, 0.1) is 23.2 Å². The number of imidazole rings is 1. The molecule has 0 radical (unpaired) electrons. The van der Waals surface area contributed by atoms with Gasteiger partial charge in [-0.05, 0) is 75.8 Å². The number of ketones is 1. The van der Waals surface area contributed by atoms with Crippen molar-refractivity contribution >= 4 is 17.1 Å². The zero-order valence-electron chi connectivity index (χ0n) is 21.5. The number of ether oxygens (including phenoxy) is 1. The molecule has 0 saturated heterocycles. The van der Waals surface area contributed by atoms with Crippen molar-refractivity contribution in [2.24, 2.45) is 5.92 Å². The first-order valence-corrected chi connectivity index (χ1v) is 12.5. The van der Waals surface area contributed by atoms with E-state index in [1.165, 1.54) is 12.1 Å². The first kappa shape index (κ1) is 24.9. The Bertz CT molecular complexity index is 1460. The summed E-state index contributed by atoms with van der Waals surface area (Å²) in [5.74, 6) is 0.884. The van der Waals surface area contributed by atoms with Crippen molar-refractivity contribution in [1.29, 1.82) is 0 Å². The summed E-state index contributed by atoms with van der Waals surface area (Å²) in [4.78, 5) is 17.3. The van der Waals surface area contributed by atoms with Crippen LogP contribution in [0.3, 0.4) is 0 Å². The highest BCUT2D eigenvalue weighted by molar-refractivity contribution is 5.98. The molecular weight excluding hydrogens is 471 g/mol. The number of carbonyl (C=O) groups excluding carboxylic acids is 1. The molecule has 1 saturated carbocycles. The van der Waals surface area contributed by atoms with E-state index in [1.807, 2.05) is 25.1 Å². The lowest BCUT2D eigenvalue weighted by Crippen LogP contribution is -2.29. The molecule has 1 aliphatic carbocycles. The van der Waals surface area contributed by atoms with Gasteiger partial charge < -0.3 is 15.2 Å². The Hall–Kier alpha value is -3.78. The molecule has 7 nitrogen and oxygen atoms in total. The SMILES string of the molecule is Cc1cc(F)cc(Oc2cc(NCC(C)(C)O)c3ncc(-c4ccc(C(=O)CC5CC5)c(C)c4)n3n2)c1. The fourth-order valence-corrected chi connectivity index (χ4v) is 4.35. The second kappa shape index (κ2) is 9.59. The maximum Gasteiger partial charge on any atom is 0.239 e. The van der Waals surface area contributed by atoms with Crippen LogP contribution in [0.5, 0.6) is 11.6 Å². The average molecular weight is 503 g/mol. The first-order valence-electron chi connectivity index (χ1n) is 12.5. The average Bonchev–Trinajstić information content (AvgIpc) is 3.51. The fourth-order valence-electron chi connectivity index (χ4n) is 4.35. The Morgan fingerprint density at radius 1 is 1.19 bits per heavy atom. The largest absolute Gasteiger partial charge is 0.437 e. The standard InChI is InChI=1S/C29H31FN4O3/c1-17-9-21(30)13-22(10-17)37-27-14-24(32-16-29(3,4)36)28-31-15-25(34(28)33-27)20-7-8-23(18(2)11-20)26(35)12-19-5-6-19/h7-11,13-15,19,32,36H,5-6,12,16H2,1-4H3. The van der Waals surface area contributed by atoms with Gasteiger partial charge in [0.1, 0.15) is 11.6 Å². The highest BCUT2D eigenvalue weighted by Gasteiger charge is 2.26. The van der Waals surface area contributed by atoms with E-state index in [1.54, 1.807) is 43.6 Å². The predicted octanol–water partition coefficient (Wildman–Crippen LogP) is 6.11. The van der Waals surface area contributed by atoms with Gasteiger partial charge >= 0.3 is 0 Å². The van der Waals surface area contributed by atoms with Crippen LogP contribution in [0.15, 0.2) is 48.7 Å². The normalized spacial score (nSPS) is 13.7. The van der Waals surface area contributed by atoms with Gasteiger partial charge in [0.15, 0.2) is 11.4 Å². The molecule has 0 amide bonds. The number of fused-ring (bicyclic) bond motifs is 1. The molecule has 0 aliphatic heterocycles. The van der Waals surface area contributed by atoms with Crippen molar-refractivity contribution in [3.63, 3.8) is 0 Å². The maximum absolute atomic E-state index is 14.0. The summed E-state index contributed by atoms with van der Waals surface area (Å²) >= 11 is 0. The molecule has 2 aromatic heterocycles. The monoisotopic (exact) mass is 502 g/mol. The maximum atomic E-state index is 14.0. The van der Waals surface area contributed by atoms with Crippen LogP contribution in [-0.2, 0) is 0 Å². The summed E-state index contributed by atoms with van der Waals surface area (Å²) in [6.07, 6.45) is 4.60. The summed E-state index contributed by atoms with van der Waals surface area (Å²) in [5, 5.41) is 18.1. The number of hydrogen-bond acceptors (Lipinski definition) is 6. The van der Waals surface area contributed by atoms with Crippen molar-refractivity contribution in [1.82, 2.24) is 14.6 Å². The van der Waals surface area contributed by atoms with Crippen molar-refractivity contribution in [2.75, 3.05) is 11.9 Å². The van der Waals surface area contributed by atoms with E-state index in [2.05, 4.69) is 15.4 Å². The van der Waals surface area contributed by atoms with Gasteiger partial charge in [0.25, 0.3) is 0 Å². The van der Waals surface area contributed by atoms with E-state index >= 15 is 0 Å². The highest BCUT2D eigenvalue weighted by Crippen LogP contribution is 2.35. The number of nitrogens with zero attached hydrogens (tertiary/aromatic N) is 3. The number of benzene rings is 2. The summed E-state index contributed by atoms with van der Waals surface area (Å²) in [6, 6.07) is 11.9. The van der Waals surface area contributed by atoms with Gasteiger partial charge in [0, 0.05) is 36.2 Å². The molecule has 1 fully saturated rings. The van der Waals surface area contributed by atoms with Crippen molar-refractivity contribution in [3.05, 3.63) is 71.2 Å². The third-order valence-corrected chi connectivity index (χ3v) is 6.39. The van der Waals surface area contributed by atoms with E-state index in [0.717, 1.165) is 35.1 Å². The molecule has 2 aromatic carbocycles. The quantitative estimate of drug-likeness (QED) is 0.269. The second-order valence-electron chi connectivity index (χ2n) is 10.6. The number of halogens is 1. The highest BCUT2D eigenvalue weighted by atomic mass is 19.1. The van der Waals surface area contributed by atoms with Gasteiger partial charge in [-0.3, -0.25) is 4.79 Å². The van der Waals surface area contributed by atoms with E-state index in [0.29, 0.717) is 35.1 Å². The summed E-state index contributed by atoms with van der Waals surface area (Å²) in [7, 11) is 0. The van der Waals surface area contributed by atoms with Crippen molar-refractivity contribution in [3.8, 4) is 22.9 Å². The van der Waals surface area contributed by atoms with Crippen LogP contribution in [0.2, 0.25) is 0 Å². The minimum Gasteiger partial charge on any atom is -0.437 e. The molecule has 1 aliphatic rings. The first-order chi connectivity index (χ1) is 17.6. The lowest BCUT2D eigenvalue weighted by Gasteiger charge is -2.19. The summed E-state index contributed by atoms with van der Waals surface area (Å²) in [5.41, 5.74) is 4.14.